The van der Waals surface area contributed by atoms with Crippen LogP contribution in [0.25, 0.3) is 11.5 Å². The molecule has 2 atom stereocenters. The van der Waals surface area contributed by atoms with E-state index in [0.717, 1.165) is 42.7 Å². The Morgan fingerprint density at radius 2 is 1.90 bits per heavy atom. The van der Waals surface area contributed by atoms with E-state index in [2.05, 4.69) is 52.3 Å². The highest BCUT2D eigenvalue weighted by Crippen LogP contribution is 2.31. The van der Waals surface area contributed by atoms with Crippen molar-refractivity contribution in [3.8, 4) is 11.5 Å². The summed E-state index contributed by atoms with van der Waals surface area (Å²) < 4.78 is 1.98. The molecule has 10 nitrogen and oxygen atoms in total. The summed E-state index contributed by atoms with van der Waals surface area (Å²) in [6.45, 7) is 7.78. The van der Waals surface area contributed by atoms with Crippen LogP contribution in [0.5, 0.6) is 0 Å². The van der Waals surface area contributed by atoms with E-state index in [1.54, 1.807) is 11.1 Å². The van der Waals surface area contributed by atoms with Gasteiger partial charge in [-0.1, -0.05) is 31.9 Å². The molecule has 210 valence electrons. The van der Waals surface area contributed by atoms with Gasteiger partial charge in [0.25, 0.3) is 0 Å². The van der Waals surface area contributed by atoms with Crippen LogP contribution in [0.2, 0.25) is 0 Å². The molecule has 3 aromatic heterocycles. The summed E-state index contributed by atoms with van der Waals surface area (Å²) in [6.07, 6.45) is 9.19. The van der Waals surface area contributed by atoms with Crippen LogP contribution in [-0.2, 0) is 31.0 Å². The zero-order chi connectivity index (χ0) is 27.8. The molecule has 1 saturated carbocycles. The fourth-order valence-electron chi connectivity index (χ4n) is 6.46. The molecule has 40 heavy (non-hydrogen) atoms. The molecule has 0 bridgehead atoms. The van der Waals surface area contributed by atoms with E-state index >= 15 is 0 Å². The maximum Gasteiger partial charge on any atom is 0.329 e. The molecule has 3 amide bonds. The summed E-state index contributed by atoms with van der Waals surface area (Å²) in [5, 5.41) is 2.39. The summed E-state index contributed by atoms with van der Waals surface area (Å²) in [5.74, 6) is 2.91. The molecule has 1 N–H and O–H groups in total. The number of hydrogen-bond acceptors (Lipinski definition) is 7. The molecule has 1 saturated heterocycles. The van der Waals surface area contributed by atoms with Crippen molar-refractivity contribution in [2.45, 2.75) is 78.2 Å². The molecule has 0 aromatic carbocycles. The van der Waals surface area contributed by atoms with Crippen molar-refractivity contribution < 1.29 is 9.59 Å². The molecule has 2 fully saturated rings. The van der Waals surface area contributed by atoms with Gasteiger partial charge in [-0.2, -0.15) is 0 Å². The minimum atomic E-state index is -0.410. The Kier molecular flexibility index (Phi) is 7.27. The van der Waals surface area contributed by atoms with E-state index in [1.807, 2.05) is 23.8 Å². The Balaban J connectivity index is 1.13. The summed E-state index contributed by atoms with van der Waals surface area (Å²) in [6, 6.07) is 8.68. The number of carbonyl (C=O) groups excluding carboxylic acids is 2. The highest BCUT2D eigenvalue weighted by Gasteiger charge is 2.29. The van der Waals surface area contributed by atoms with Gasteiger partial charge in [-0.3, -0.25) is 19.9 Å². The van der Waals surface area contributed by atoms with Crippen molar-refractivity contribution in [3.63, 3.8) is 0 Å². The number of nitrogens with zero attached hydrogens (tertiary/aromatic N) is 7. The van der Waals surface area contributed by atoms with Crippen LogP contribution in [0.15, 0.2) is 36.7 Å². The first kappa shape index (κ1) is 26.4. The number of fused-ring (bicyclic) bond motifs is 1. The number of amides is 3. The third kappa shape index (κ3) is 5.08. The van der Waals surface area contributed by atoms with Crippen LogP contribution >= 0.6 is 0 Å². The van der Waals surface area contributed by atoms with Crippen molar-refractivity contribution in [2.24, 2.45) is 5.92 Å². The number of hydrogen-bond donors (Lipinski definition) is 1. The topological polar surface area (TPSA) is 99.5 Å². The van der Waals surface area contributed by atoms with Crippen molar-refractivity contribution in [2.75, 3.05) is 23.4 Å². The summed E-state index contributed by atoms with van der Waals surface area (Å²) in [4.78, 5) is 44.8. The molecule has 5 heterocycles. The lowest BCUT2D eigenvalue weighted by Crippen LogP contribution is -2.50. The lowest BCUT2D eigenvalue weighted by Gasteiger charge is -2.37. The monoisotopic (exact) mass is 542 g/mol. The molecule has 0 radical (unpaired) electrons. The first-order valence-corrected chi connectivity index (χ1v) is 14.5. The number of aromatic nitrogens is 4. The standard InChI is InChI=1S/C30H38N8O2/c1-4-37-28(38-14-13-27(39)34-30(38)40)16-32-29(37)23-11-10-22-18-36(19-24(22)33-23)17-21-9-12-26(31-15-21)35(3)25-8-6-5-7-20(25)2/h9-12,15-16,20,25H,4-8,13-14,17-19H2,1-3H3,(H,34,39,40). The zero-order valence-corrected chi connectivity index (χ0v) is 23.6. The second-order valence-electron chi connectivity index (χ2n) is 11.4. The summed E-state index contributed by atoms with van der Waals surface area (Å²) >= 11 is 0. The lowest BCUT2D eigenvalue weighted by molar-refractivity contribution is -0.120. The average Bonchev–Trinajstić information content (AvgIpc) is 3.56. The number of anilines is 2. The zero-order valence-electron chi connectivity index (χ0n) is 23.6. The number of imide groups is 1. The predicted molar refractivity (Wildman–Crippen MR) is 154 cm³/mol. The molecule has 10 heteroatoms. The maximum absolute atomic E-state index is 12.4. The van der Waals surface area contributed by atoms with E-state index in [9.17, 15) is 9.59 Å². The highest BCUT2D eigenvalue weighted by atomic mass is 16.2. The van der Waals surface area contributed by atoms with Crippen LogP contribution in [-0.4, -0.2) is 56.0 Å². The molecule has 3 aliphatic rings. The molecule has 2 aliphatic heterocycles. The molecule has 0 spiro atoms. The third-order valence-electron chi connectivity index (χ3n) is 8.69. The van der Waals surface area contributed by atoms with Gasteiger partial charge in [-0.25, -0.2) is 19.7 Å². The van der Waals surface area contributed by atoms with E-state index < -0.39 is 6.03 Å². The molecule has 1 aliphatic carbocycles. The van der Waals surface area contributed by atoms with Gasteiger partial charge in [0, 0.05) is 58.4 Å². The smallest absolute Gasteiger partial charge is 0.329 e. The van der Waals surface area contributed by atoms with Gasteiger partial charge < -0.3 is 9.47 Å². The van der Waals surface area contributed by atoms with E-state index in [4.69, 9.17) is 9.97 Å². The first-order valence-electron chi connectivity index (χ1n) is 14.5. The van der Waals surface area contributed by atoms with Crippen LogP contribution in [0.4, 0.5) is 16.4 Å². The van der Waals surface area contributed by atoms with Gasteiger partial charge in [0.1, 0.15) is 17.3 Å². The number of rotatable bonds is 7. The Labute approximate surface area is 235 Å². The average molecular weight is 543 g/mol. The molecule has 2 unspecified atom stereocenters. The van der Waals surface area contributed by atoms with E-state index in [1.165, 1.54) is 36.8 Å². The Hall–Kier alpha value is -3.79. The minimum absolute atomic E-state index is 0.248. The second kappa shape index (κ2) is 11.0. The minimum Gasteiger partial charge on any atom is -0.356 e. The first-order chi connectivity index (χ1) is 19.4. The van der Waals surface area contributed by atoms with Crippen molar-refractivity contribution in [3.05, 3.63) is 53.5 Å². The predicted octanol–water partition coefficient (Wildman–Crippen LogP) is 4.34. The quantitative estimate of drug-likeness (QED) is 0.474. The second-order valence-corrected chi connectivity index (χ2v) is 11.4. The van der Waals surface area contributed by atoms with Crippen molar-refractivity contribution in [1.82, 2.24) is 29.7 Å². The largest absolute Gasteiger partial charge is 0.356 e. The molecular weight excluding hydrogens is 504 g/mol. The molecular formula is C30H38N8O2. The Morgan fingerprint density at radius 3 is 2.65 bits per heavy atom. The Morgan fingerprint density at radius 1 is 1.05 bits per heavy atom. The van der Waals surface area contributed by atoms with Crippen molar-refractivity contribution >= 4 is 23.6 Å². The summed E-state index contributed by atoms with van der Waals surface area (Å²) in [7, 11) is 2.18. The fourth-order valence-corrected chi connectivity index (χ4v) is 6.46. The maximum atomic E-state index is 12.4. The van der Waals surface area contributed by atoms with Gasteiger partial charge >= 0.3 is 6.03 Å². The highest BCUT2D eigenvalue weighted by molar-refractivity contribution is 6.05. The van der Waals surface area contributed by atoms with Crippen molar-refractivity contribution in [1.29, 1.82) is 0 Å². The SMILES string of the molecule is CCn1c(N2CCC(=O)NC2=O)cnc1-c1ccc2c(n1)CN(Cc1ccc(N(C)C3CCCCC3C)nc1)C2. The molecule has 3 aromatic rings. The normalized spacial score (nSPS) is 21.4. The van der Waals surface area contributed by atoms with Gasteiger partial charge in [0.2, 0.25) is 5.91 Å². The van der Waals surface area contributed by atoms with Gasteiger partial charge in [0.15, 0.2) is 5.82 Å². The lowest BCUT2D eigenvalue weighted by atomic mass is 9.85. The number of pyridine rings is 2. The fraction of sp³-hybridized carbons (Fsp3) is 0.500. The van der Waals surface area contributed by atoms with Gasteiger partial charge in [0.05, 0.1) is 11.9 Å². The molecule has 6 rings (SSSR count). The van der Waals surface area contributed by atoms with E-state index in [0.29, 0.717) is 30.9 Å². The number of carbonyl (C=O) groups is 2. The number of nitrogens with one attached hydrogen (secondary N) is 1. The van der Waals surface area contributed by atoms with Crippen LogP contribution < -0.4 is 15.1 Å². The number of urea groups is 1. The van der Waals surface area contributed by atoms with E-state index in [-0.39, 0.29) is 12.3 Å². The van der Waals surface area contributed by atoms with Crippen LogP contribution in [0.1, 0.15) is 62.8 Å². The van der Waals surface area contributed by atoms with Crippen LogP contribution in [0, 0.1) is 5.92 Å². The third-order valence-corrected chi connectivity index (χ3v) is 8.69. The summed E-state index contributed by atoms with van der Waals surface area (Å²) in [5.41, 5.74) is 4.27. The van der Waals surface area contributed by atoms with Gasteiger partial charge in [-0.15, -0.1) is 0 Å². The van der Waals surface area contributed by atoms with Gasteiger partial charge in [-0.05, 0) is 48.9 Å². The Bertz CT molecular complexity index is 1400. The van der Waals surface area contributed by atoms with Crippen LogP contribution in [0.3, 0.4) is 0 Å². The number of imidazole rings is 1.